The molecule has 0 bridgehead atoms. The molecule has 0 aliphatic carbocycles. The highest BCUT2D eigenvalue weighted by Gasteiger charge is 2.30. The normalized spacial score (nSPS) is 18.8. The number of hydrogen-bond acceptors (Lipinski definition) is 5. The van der Waals surface area contributed by atoms with E-state index in [1.807, 2.05) is 56.9 Å². The maximum absolute atomic E-state index is 14.6. The SMILES string of the molecule is C=CC(=O)N1CCN(C[C@H](Oc2ccc3c(c2)CCN(C(=O)OC(C)(C)C)C3)c2ccc(C)c(F)c2)C[C@H]1C. The first-order chi connectivity index (χ1) is 18.4. The third-order valence-corrected chi connectivity index (χ3v) is 7.28. The quantitative estimate of drug-likeness (QED) is 0.470. The number of nitrogens with zero attached hydrogens (tertiary/aromatic N) is 3. The lowest BCUT2D eigenvalue weighted by Gasteiger charge is -2.40. The van der Waals surface area contributed by atoms with Gasteiger partial charge in [0.15, 0.2) is 0 Å². The minimum atomic E-state index is -0.537. The van der Waals surface area contributed by atoms with Crippen molar-refractivity contribution in [3.8, 4) is 5.75 Å². The van der Waals surface area contributed by atoms with Gasteiger partial charge in [-0.2, -0.15) is 0 Å². The van der Waals surface area contributed by atoms with Gasteiger partial charge in [0, 0.05) is 45.3 Å². The van der Waals surface area contributed by atoms with Crippen LogP contribution in [-0.2, 0) is 22.5 Å². The zero-order valence-electron chi connectivity index (χ0n) is 23.7. The molecule has 2 aromatic rings. The number of carbonyl (C=O) groups is 2. The van der Waals surface area contributed by atoms with Gasteiger partial charge in [0.05, 0.1) is 0 Å². The van der Waals surface area contributed by atoms with Gasteiger partial charge < -0.3 is 19.3 Å². The molecule has 2 aromatic carbocycles. The summed E-state index contributed by atoms with van der Waals surface area (Å²) < 4.78 is 26.6. The summed E-state index contributed by atoms with van der Waals surface area (Å²) in [6.45, 7) is 16.6. The first-order valence-corrected chi connectivity index (χ1v) is 13.6. The van der Waals surface area contributed by atoms with Crippen LogP contribution in [0.25, 0.3) is 0 Å². The molecular weight excluding hydrogens is 497 g/mol. The van der Waals surface area contributed by atoms with Crippen LogP contribution in [0, 0.1) is 12.7 Å². The molecule has 2 amide bonds. The molecular formula is C31H40FN3O4. The lowest BCUT2D eigenvalue weighted by Crippen LogP contribution is -2.54. The molecule has 0 saturated carbocycles. The van der Waals surface area contributed by atoms with E-state index in [1.165, 1.54) is 6.08 Å². The Morgan fingerprint density at radius 3 is 2.56 bits per heavy atom. The van der Waals surface area contributed by atoms with Gasteiger partial charge in [-0.05, 0) is 87.6 Å². The molecule has 1 saturated heterocycles. The second kappa shape index (κ2) is 11.8. The Hall–Kier alpha value is -3.39. The zero-order valence-corrected chi connectivity index (χ0v) is 23.7. The van der Waals surface area contributed by atoms with Crippen molar-refractivity contribution in [2.45, 2.75) is 65.3 Å². The second-order valence-corrected chi connectivity index (χ2v) is 11.5. The van der Waals surface area contributed by atoms with E-state index in [4.69, 9.17) is 9.47 Å². The third-order valence-electron chi connectivity index (χ3n) is 7.28. The molecule has 0 aromatic heterocycles. The van der Waals surface area contributed by atoms with Crippen LogP contribution in [0.3, 0.4) is 0 Å². The Labute approximate surface area is 231 Å². The van der Waals surface area contributed by atoms with Crippen molar-refractivity contribution in [2.24, 2.45) is 0 Å². The van der Waals surface area contributed by atoms with Crippen LogP contribution in [0.15, 0.2) is 49.1 Å². The second-order valence-electron chi connectivity index (χ2n) is 11.5. The molecule has 0 radical (unpaired) electrons. The number of amides is 2. The van der Waals surface area contributed by atoms with Crippen LogP contribution in [0.4, 0.5) is 9.18 Å². The molecule has 1 fully saturated rings. The smallest absolute Gasteiger partial charge is 0.410 e. The lowest BCUT2D eigenvalue weighted by atomic mass is 9.99. The first-order valence-electron chi connectivity index (χ1n) is 13.6. The van der Waals surface area contributed by atoms with Crippen molar-refractivity contribution in [2.75, 3.05) is 32.7 Å². The fourth-order valence-electron chi connectivity index (χ4n) is 5.15. The predicted molar refractivity (Wildman–Crippen MR) is 149 cm³/mol. The van der Waals surface area contributed by atoms with Crippen molar-refractivity contribution in [3.05, 3.63) is 77.1 Å². The molecule has 39 heavy (non-hydrogen) atoms. The van der Waals surface area contributed by atoms with Crippen molar-refractivity contribution in [1.82, 2.24) is 14.7 Å². The average molecular weight is 538 g/mol. The van der Waals surface area contributed by atoms with Crippen LogP contribution in [-0.4, -0.2) is 71.1 Å². The van der Waals surface area contributed by atoms with E-state index in [0.29, 0.717) is 57.0 Å². The highest BCUT2D eigenvalue weighted by Crippen LogP contribution is 2.30. The Morgan fingerprint density at radius 1 is 1.13 bits per heavy atom. The molecule has 2 atom stereocenters. The number of carbonyl (C=O) groups excluding carboxylic acids is 2. The monoisotopic (exact) mass is 537 g/mol. The maximum atomic E-state index is 14.6. The number of halogens is 1. The Morgan fingerprint density at radius 2 is 1.90 bits per heavy atom. The van der Waals surface area contributed by atoms with E-state index in [-0.39, 0.29) is 23.9 Å². The van der Waals surface area contributed by atoms with Gasteiger partial charge in [0.1, 0.15) is 23.3 Å². The molecule has 0 spiro atoms. The number of piperazine rings is 1. The minimum absolute atomic E-state index is 0.0383. The van der Waals surface area contributed by atoms with Crippen molar-refractivity contribution >= 4 is 12.0 Å². The van der Waals surface area contributed by atoms with Gasteiger partial charge in [-0.25, -0.2) is 9.18 Å². The molecule has 4 rings (SSSR count). The van der Waals surface area contributed by atoms with E-state index in [1.54, 1.807) is 24.0 Å². The van der Waals surface area contributed by atoms with Crippen LogP contribution >= 0.6 is 0 Å². The number of benzene rings is 2. The number of aryl methyl sites for hydroxylation is 1. The molecule has 210 valence electrons. The molecule has 2 heterocycles. The van der Waals surface area contributed by atoms with E-state index < -0.39 is 11.7 Å². The third kappa shape index (κ3) is 7.18. The van der Waals surface area contributed by atoms with Crippen molar-refractivity contribution in [3.63, 3.8) is 0 Å². The predicted octanol–water partition coefficient (Wildman–Crippen LogP) is 5.27. The van der Waals surface area contributed by atoms with Crippen LogP contribution in [0.1, 0.15) is 56.1 Å². The van der Waals surface area contributed by atoms with Crippen molar-refractivity contribution < 1.29 is 23.5 Å². The fourth-order valence-corrected chi connectivity index (χ4v) is 5.15. The summed E-state index contributed by atoms with van der Waals surface area (Å²) >= 11 is 0. The summed E-state index contributed by atoms with van der Waals surface area (Å²) in [5.41, 5.74) is 3.02. The Kier molecular flexibility index (Phi) is 8.64. The minimum Gasteiger partial charge on any atom is -0.484 e. The van der Waals surface area contributed by atoms with Gasteiger partial charge >= 0.3 is 6.09 Å². The van der Waals surface area contributed by atoms with Crippen LogP contribution < -0.4 is 4.74 Å². The van der Waals surface area contributed by atoms with Gasteiger partial charge in [0.2, 0.25) is 5.91 Å². The molecule has 8 heteroatoms. The number of hydrogen-bond donors (Lipinski definition) is 0. The molecule has 0 unspecified atom stereocenters. The van der Waals surface area contributed by atoms with Gasteiger partial charge in [0.25, 0.3) is 0 Å². The maximum Gasteiger partial charge on any atom is 0.410 e. The molecule has 2 aliphatic heterocycles. The van der Waals surface area contributed by atoms with E-state index >= 15 is 0 Å². The van der Waals surface area contributed by atoms with Gasteiger partial charge in [-0.1, -0.05) is 24.8 Å². The molecule has 2 aliphatic rings. The fraction of sp³-hybridized carbons (Fsp3) is 0.484. The topological polar surface area (TPSA) is 62.3 Å². The van der Waals surface area contributed by atoms with E-state index in [2.05, 4.69) is 11.5 Å². The van der Waals surface area contributed by atoms with Gasteiger partial charge in [-0.3, -0.25) is 9.69 Å². The Bertz CT molecular complexity index is 1220. The molecule has 0 N–H and O–H groups in total. The van der Waals surface area contributed by atoms with Crippen molar-refractivity contribution in [1.29, 1.82) is 0 Å². The first kappa shape index (κ1) is 28.6. The van der Waals surface area contributed by atoms with Gasteiger partial charge in [-0.15, -0.1) is 0 Å². The number of ether oxygens (including phenoxy) is 2. The Balaban J connectivity index is 1.50. The van der Waals surface area contributed by atoms with Crippen LogP contribution in [0.5, 0.6) is 5.75 Å². The highest BCUT2D eigenvalue weighted by molar-refractivity contribution is 5.87. The standard InChI is InChI=1S/C31H40FN3O4/c1-7-29(36)35-15-14-33(18-22(35)3)20-28(24-9-8-21(2)27(32)17-24)38-26-11-10-25-19-34(13-12-23(25)16-26)30(37)39-31(4,5)6/h7-11,16-17,22,28H,1,12-15,18-20H2,2-6H3/t22-,28+/m1/s1. The summed E-state index contributed by atoms with van der Waals surface area (Å²) in [5, 5.41) is 0. The summed E-state index contributed by atoms with van der Waals surface area (Å²) in [4.78, 5) is 30.5. The summed E-state index contributed by atoms with van der Waals surface area (Å²) in [6, 6.07) is 11.2. The lowest BCUT2D eigenvalue weighted by molar-refractivity contribution is -0.130. The summed E-state index contributed by atoms with van der Waals surface area (Å²) in [7, 11) is 0. The number of rotatable bonds is 6. The van der Waals surface area contributed by atoms with Crippen LogP contribution in [0.2, 0.25) is 0 Å². The number of fused-ring (bicyclic) bond motifs is 1. The molecule has 7 nitrogen and oxygen atoms in total. The largest absolute Gasteiger partial charge is 0.484 e. The average Bonchev–Trinajstić information content (AvgIpc) is 2.88. The zero-order chi connectivity index (χ0) is 28.3. The van der Waals surface area contributed by atoms with E-state index in [0.717, 1.165) is 16.7 Å². The van der Waals surface area contributed by atoms with E-state index in [9.17, 15) is 14.0 Å². The summed E-state index contributed by atoms with van der Waals surface area (Å²) in [5.74, 6) is 0.386. The highest BCUT2D eigenvalue weighted by atomic mass is 19.1. The summed E-state index contributed by atoms with van der Waals surface area (Å²) in [6.07, 6.45) is 1.36.